The van der Waals surface area contributed by atoms with Gasteiger partial charge in [0.15, 0.2) is 5.17 Å². The number of carboxylic acids is 1. The Morgan fingerprint density at radius 3 is 2.56 bits per heavy atom. The number of aliphatic imine (C=N–C) groups is 1. The number of likely N-dealkylation sites (N-methyl/N-ethyl adjacent to an activating group) is 1. The molecule has 1 fully saturated rings. The van der Waals surface area contributed by atoms with E-state index >= 15 is 0 Å². The molecule has 0 spiro atoms. The third-order valence-corrected chi connectivity index (χ3v) is 6.16. The maximum absolute atomic E-state index is 13.0. The van der Waals surface area contributed by atoms with E-state index in [9.17, 15) is 14.7 Å². The molecule has 1 saturated heterocycles. The van der Waals surface area contributed by atoms with E-state index < -0.39 is 5.97 Å². The third kappa shape index (κ3) is 4.96. The maximum Gasteiger partial charge on any atom is 0.335 e. The quantitative estimate of drug-likeness (QED) is 0.575. The zero-order valence-electron chi connectivity index (χ0n) is 18.7. The summed E-state index contributed by atoms with van der Waals surface area (Å²) in [6.07, 6.45) is 1.82. The molecule has 1 N–H and O–H groups in total. The minimum Gasteiger partial charge on any atom is -0.496 e. The SMILES string of the molecule is CCN1C(=O)/C(=C/c2ccc(N(CC)CC)cc2OC)SC1=Nc1cccc(C(=O)O)c1. The molecule has 7 nitrogen and oxygen atoms in total. The fourth-order valence-electron chi connectivity index (χ4n) is 3.43. The molecule has 0 saturated carbocycles. The van der Waals surface area contributed by atoms with Crippen molar-refractivity contribution in [3.8, 4) is 5.75 Å². The molecule has 2 aromatic carbocycles. The van der Waals surface area contributed by atoms with Crippen molar-refractivity contribution >= 4 is 46.3 Å². The zero-order chi connectivity index (χ0) is 23.3. The molecule has 0 aromatic heterocycles. The van der Waals surface area contributed by atoms with Crippen LogP contribution in [0.3, 0.4) is 0 Å². The highest BCUT2D eigenvalue weighted by Crippen LogP contribution is 2.36. The van der Waals surface area contributed by atoms with E-state index in [0.29, 0.717) is 28.1 Å². The molecule has 2 aromatic rings. The van der Waals surface area contributed by atoms with Crippen molar-refractivity contribution in [2.45, 2.75) is 20.8 Å². The third-order valence-electron chi connectivity index (χ3n) is 5.15. The summed E-state index contributed by atoms with van der Waals surface area (Å²) in [7, 11) is 1.62. The van der Waals surface area contributed by atoms with Gasteiger partial charge < -0.3 is 14.7 Å². The molecule has 8 heteroatoms. The van der Waals surface area contributed by atoms with Crippen molar-refractivity contribution in [1.82, 2.24) is 4.90 Å². The Bertz CT molecular complexity index is 1080. The Balaban J connectivity index is 1.95. The van der Waals surface area contributed by atoms with Crippen LogP contribution >= 0.6 is 11.8 Å². The van der Waals surface area contributed by atoms with Crippen molar-refractivity contribution in [3.05, 3.63) is 58.5 Å². The predicted octanol–water partition coefficient (Wildman–Crippen LogP) is 4.86. The Hall–Kier alpha value is -3.26. The van der Waals surface area contributed by atoms with E-state index in [1.807, 2.05) is 31.2 Å². The van der Waals surface area contributed by atoms with E-state index in [4.69, 9.17) is 4.74 Å². The van der Waals surface area contributed by atoms with E-state index in [2.05, 4.69) is 23.7 Å². The fraction of sp³-hybridized carbons (Fsp3) is 0.292. The Morgan fingerprint density at radius 1 is 1.19 bits per heavy atom. The number of carbonyl (C=O) groups is 2. The van der Waals surface area contributed by atoms with Gasteiger partial charge in [-0.05, 0) is 68.9 Å². The molecule has 168 valence electrons. The second-order valence-corrected chi connectivity index (χ2v) is 8.02. The average molecular weight is 454 g/mol. The number of ether oxygens (including phenoxy) is 1. The summed E-state index contributed by atoms with van der Waals surface area (Å²) in [5, 5.41) is 9.73. The number of anilines is 1. The van der Waals surface area contributed by atoms with Gasteiger partial charge in [-0.2, -0.15) is 0 Å². The van der Waals surface area contributed by atoms with Crippen LogP contribution in [0.5, 0.6) is 5.75 Å². The second kappa shape index (κ2) is 10.4. The van der Waals surface area contributed by atoms with Crippen LogP contribution in [0.4, 0.5) is 11.4 Å². The summed E-state index contributed by atoms with van der Waals surface area (Å²) < 4.78 is 5.59. The first-order valence-corrected chi connectivity index (χ1v) is 11.3. The lowest BCUT2D eigenvalue weighted by atomic mass is 10.1. The minimum atomic E-state index is -1.02. The lowest BCUT2D eigenvalue weighted by Crippen LogP contribution is -2.28. The second-order valence-electron chi connectivity index (χ2n) is 7.01. The number of methoxy groups -OCH3 is 1. The number of amides is 1. The van der Waals surface area contributed by atoms with Crippen LogP contribution in [0.2, 0.25) is 0 Å². The number of aromatic carboxylic acids is 1. The highest BCUT2D eigenvalue weighted by molar-refractivity contribution is 8.18. The first kappa shape index (κ1) is 23.4. The number of thioether (sulfide) groups is 1. The number of carbonyl (C=O) groups excluding carboxylic acids is 1. The smallest absolute Gasteiger partial charge is 0.335 e. The number of hydrogen-bond acceptors (Lipinski definition) is 6. The van der Waals surface area contributed by atoms with Gasteiger partial charge in [0.1, 0.15) is 5.75 Å². The summed E-state index contributed by atoms with van der Waals surface area (Å²) in [4.78, 5) is 33.1. The van der Waals surface area contributed by atoms with Crippen LogP contribution in [0, 0.1) is 0 Å². The molecule has 0 atom stereocenters. The van der Waals surface area contributed by atoms with Gasteiger partial charge in [0.2, 0.25) is 0 Å². The Morgan fingerprint density at radius 2 is 1.94 bits per heavy atom. The average Bonchev–Trinajstić information content (AvgIpc) is 3.09. The van der Waals surface area contributed by atoms with Crippen molar-refractivity contribution in [2.24, 2.45) is 4.99 Å². The van der Waals surface area contributed by atoms with Crippen molar-refractivity contribution in [2.75, 3.05) is 31.6 Å². The number of hydrogen-bond donors (Lipinski definition) is 1. The van der Waals surface area contributed by atoms with E-state index in [1.165, 1.54) is 23.9 Å². The highest BCUT2D eigenvalue weighted by atomic mass is 32.2. The van der Waals surface area contributed by atoms with Gasteiger partial charge in [-0.3, -0.25) is 9.69 Å². The molecule has 0 radical (unpaired) electrons. The Kier molecular flexibility index (Phi) is 7.58. The molecule has 1 heterocycles. The minimum absolute atomic E-state index is 0.138. The lowest BCUT2D eigenvalue weighted by molar-refractivity contribution is -0.122. The van der Waals surface area contributed by atoms with Crippen LogP contribution in [-0.4, -0.2) is 53.8 Å². The van der Waals surface area contributed by atoms with Gasteiger partial charge in [-0.25, -0.2) is 9.79 Å². The standard InChI is InChI=1S/C24H27N3O4S/c1-5-26(6-2)19-12-11-16(20(15-19)31-4)14-21-22(28)27(7-3)24(32-21)25-18-10-8-9-17(13-18)23(29)30/h8-15H,5-7H2,1-4H3,(H,29,30)/b21-14-,25-24?. The fourth-order valence-corrected chi connectivity index (χ4v) is 4.49. The van der Waals surface area contributed by atoms with Gasteiger partial charge >= 0.3 is 5.97 Å². The molecule has 1 aliphatic heterocycles. The molecule has 32 heavy (non-hydrogen) atoms. The molecule has 3 rings (SSSR count). The first-order chi connectivity index (χ1) is 15.4. The summed E-state index contributed by atoms with van der Waals surface area (Å²) in [5.74, 6) is -0.464. The number of nitrogens with zero attached hydrogens (tertiary/aromatic N) is 3. The monoisotopic (exact) mass is 453 g/mol. The van der Waals surface area contributed by atoms with Crippen molar-refractivity contribution < 1.29 is 19.4 Å². The molecule has 0 unspecified atom stereocenters. The number of carboxylic acid groups (broad SMARTS) is 1. The van der Waals surface area contributed by atoms with E-state index in [-0.39, 0.29) is 11.5 Å². The molecular weight excluding hydrogens is 426 g/mol. The van der Waals surface area contributed by atoms with Crippen LogP contribution in [0.1, 0.15) is 36.7 Å². The zero-order valence-corrected chi connectivity index (χ0v) is 19.5. The highest BCUT2D eigenvalue weighted by Gasteiger charge is 2.32. The normalized spacial score (nSPS) is 16.1. The van der Waals surface area contributed by atoms with Crippen LogP contribution in [0.25, 0.3) is 6.08 Å². The predicted molar refractivity (Wildman–Crippen MR) is 130 cm³/mol. The van der Waals surface area contributed by atoms with Gasteiger partial charge in [-0.15, -0.1) is 0 Å². The van der Waals surface area contributed by atoms with Gasteiger partial charge in [0, 0.05) is 37.0 Å². The van der Waals surface area contributed by atoms with Gasteiger partial charge in [0.05, 0.1) is 23.3 Å². The van der Waals surface area contributed by atoms with E-state index in [1.54, 1.807) is 24.1 Å². The first-order valence-electron chi connectivity index (χ1n) is 10.5. The topological polar surface area (TPSA) is 82.4 Å². The lowest BCUT2D eigenvalue weighted by Gasteiger charge is -2.22. The van der Waals surface area contributed by atoms with Crippen molar-refractivity contribution in [3.63, 3.8) is 0 Å². The summed E-state index contributed by atoms with van der Waals surface area (Å²) in [6.45, 7) is 8.33. The maximum atomic E-state index is 13.0. The molecule has 0 bridgehead atoms. The largest absolute Gasteiger partial charge is 0.496 e. The summed E-state index contributed by atoms with van der Waals surface area (Å²) in [6, 6.07) is 12.3. The summed E-state index contributed by atoms with van der Waals surface area (Å²) >= 11 is 1.27. The van der Waals surface area contributed by atoms with Crippen LogP contribution < -0.4 is 9.64 Å². The van der Waals surface area contributed by atoms with Crippen LogP contribution in [-0.2, 0) is 4.79 Å². The van der Waals surface area contributed by atoms with Crippen LogP contribution in [0.15, 0.2) is 52.4 Å². The van der Waals surface area contributed by atoms with Gasteiger partial charge in [-0.1, -0.05) is 6.07 Å². The Labute approximate surface area is 192 Å². The summed E-state index contributed by atoms with van der Waals surface area (Å²) in [5.41, 5.74) is 2.51. The van der Waals surface area contributed by atoms with Crippen molar-refractivity contribution in [1.29, 1.82) is 0 Å². The van der Waals surface area contributed by atoms with Gasteiger partial charge in [0.25, 0.3) is 5.91 Å². The number of benzene rings is 2. The molecular formula is C24H27N3O4S. The van der Waals surface area contributed by atoms with E-state index in [0.717, 1.165) is 24.3 Å². The molecule has 1 amide bonds. The molecule has 0 aliphatic carbocycles. The molecule has 1 aliphatic rings. The number of rotatable bonds is 8. The number of amidine groups is 1.